The number of carbonyl (C=O) groups excluding carboxylic acids is 2. The summed E-state index contributed by atoms with van der Waals surface area (Å²) in [6.07, 6.45) is 8.46. The maximum atomic E-state index is 12.2. The highest BCUT2D eigenvalue weighted by Gasteiger charge is 2.39. The molecule has 2 aliphatic rings. The predicted molar refractivity (Wildman–Crippen MR) is 64.4 cm³/mol. The molecule has 2 fully saturated rings. The number of ketones is 1. The molecular formula is C14H22O3. The minimum atomic E-state index is -0.243. The van der Waals surface area contributed by atoms with Gasteiger partial charge in [-0.1, -0.05) is 19.3 Å². The number of hydrogen-bond acceptors (Lipinski definition) is 3. The van der Waals surface area contributed by atoms with Crippen LogP contribution in [0.25, 0.3) is 0 Å². The molecule has 0 heterocycles. The van der Waals surface area contributed by atoms with Crippen molar-refractivity contribution in [1.29, 1.82) is 0 Å². The largest absolute Gasteiger partial charge is 0.469 e. The molecule has 0 saturated heterocycles. The number of Topliss-reactive ketones (excluding diaryl/α,β-unsaturated/α-hetero) is 1. The predicted octanol–water partition coefficient (Wildman–Crippen LogP) is 2.73. The van der Waals surface area contributed by atoms with Gasteiger partial charge in [-0.25, -0.2) is 0 Å². The summed E-state index contributed by atoms with van der Waals surface area (Å²) in [5.41, 5.74) is 0. The molecule has 0 N–H and O–H groups in total. The van der Waals surface area contributed by atoms with E-state index in [0.29, 0.717) is 18.1 Å². The lowest BCUT2D eigenvalue weighted by molar-refractivity contribution is -0.143. The van der Waals surface area contributed by atoms with E-state index in [1.165, 1.54) is 39.2 Å². The topological polar surface area (TPSA) is 43.4 Å². The molecule has 3 heteroatoms. The summed E-state index contributed by atoms with van der Waals surface area (Å²) >= 11 is 0. The summed E-state index contributed by atoms with van der Waals surface area (Å²) in [5.74, 6) is 0.869. The molecular weight excluding hydrogens is 216 g/mol. The van der Waals surface area contributed by atoms with Crippen LogP contribution in [0.5, 0.6) is 0 Å². The van der Waals surface area contributed by atoms with Crippen molar-refractivity contribution in [2.24, 2.45) is 17.8 Å². The molecule has 0 aromatic heterocycles. The van der Waals surface area contributed by atoms with Crippen LogP contribution >= 0.6 is 0 Å². The molecule has 0 bridgehead atoms. The molecule has 0 unspecified atom stereocenters. The van der Waals surface area contributed by atoms with E-state index in [4.69, 9.17) is 0 Å². The molecule has 0 aromatic carbocycles. The van der Waals surface area contributed by atoms with Gasteiger partial charge in [-0.2, -0.15) is 0 Å². The van der Waals surface area contributed by atoms with Crippen molar-refractivity contribution in [3.8, 4) is 0 Å². The lowest BCUT2D eigenvalue weighted by Crippen LogP contribution is -2.25. The average molecular weight is 238 g/mol. The van der Waals surface area contributed by atoms with Crippen LogP contribution < -0.4 is 0 Å². The van der Waals surface area contributed by atoms with Gasteiger partial charge >= 0.3 is 5.97 Å². The Hall–Kier alpha value is -0.860. The first kappa shape index (κ1) is 12.6. The SMILES string of the molecule is COC(=O)C[C@H]1CC[C@H](C2CCCCC2)C1=O. The fourth-order valence-electron chi connectivity index (χ4n) is 3.46. The highest BCUT2D eigenvalue weighted by atomic mass is 16.5. The fraction of sp³-hybridized carbons (Fsp3) is 0.857. The van der Waals surface area contributed by atoms with E-state index in [1.807, 2.05) is 0 Å². The van der Waals surface area contributed by atoms with E-state index in [1.54, 1.807) is 0 Å². The van der Waals surface area contributed by atoms with Crippen LogP contribution in [0, 0.1) is 17.8 Å². The molecule has 3 nitrogen and oxygen atoms in total. The van der Waals surface area contributed by atoms with E-state index in [9.17, 15) is 9.59 Å². The van der Waals surface area contributed by atoms with Crippen LogP contribution in [0.2, 0.25) is 0 Å². The number of methoxy groups -OCH3 is 1. The zero-order chi connectivity index (χ0) is 12.3. The summed E-state index contributed by atoms with van der Waals surface area (Å²) in [6.45, 7) is 0. The second kappa shape index (κ2) is 5.65. The lowest BCUT2D eigenvalue weighted by Gasteiger charge is -2.26. The second-order valence-corrected chi connectivity index (χ2v) is 5.46. The maximum absolute atomic E-state index is 12.2. The Morgan fingerprint density at radius 1 is 1.18 bits per heavy atom. The molecule has 0 spiro atoms. The van der Waals surface area contributed by atoms with E-state index < -0.39 is 0 Å². The third-order valence-electron chi connectivity index (χ3n) is 4.45. The van der Waals surface area contributed by atoms with Gasteiger partial charge in [0, 0.05) is 11.8 Å². The molecule has 2 saturated carbocycles. The van der Waals surface area contributed by atoms with Gasteiger partial charge in [-0.05, 0) is 31.6 Å². The molecule has 0 radical (unpaired) electrons. The third-order valence-corrected chi connectivity index (χ3v) is 4.45. The quantitative estimate of drug-likeness (QED) is 0.710. The first-order valence-corrected chi connectivity index (χ1v) is 6.83. The third kappa shape index (κ3) is 2.88. The Kier molecular flexibility index (Phi) is 4.19. The normalized spacial score (nSPS) is 30.5. The highest BCUT2D eigenvalue weighted by Crippen LogP contribution is 2.40. The maximum Gasteiger partial charge on any atom is 0.306 e. The average Bonchev–Trinajstić information content (AvgIpc) is 2.72. The summed E-state index contributed by atoms with van der Waals surface area (Å²) in [7, 11) is 1.39. The summed E-state index contributed by atoms with van der Waals surface area (Å²) in [5, 5.41) is 0. The second-order valence-electron chi connectivity index (χ2n) is 5.46. The Morgan fingerprint density at radius 3 is 2.53 bits per heavy atom. The minimum Gasteiger partial charge on any atom is -0.469 e. The minimum absolute atomic E-state index is 0.0608. The Labute approximate surface area is 103 Å². The van der Waals surface area contributed by atoms with E-state index in [2.05, 4.69) is 4.74 Å². The van der Waals surface area contributed by atoms with Crippen LogP contribution in [0.1, 0.15) is 51.4 Å². The zero-order valence-electron chi connectivity index (χ0n) is 10.6. The smallest absolute Gasteiger partial charge is 0.306 e. The van der Waals surface area contributed by atoms with Gasteiger partial charge in [-0.3, -0.25) is 9.59 Å². The monoisotopic (exact) mass is 238 g/mol. The molecule has 96 valence electrons. The fourth-order valence-corrected chi connectivity index (χ4v) is 3.46. The van der Waals surface area contributed by atoms with Crippen LogP contribution in [-0.4, -0.2) is 18.9 Å². The Balaban J connectivity index is 1.90. The van der Waals surface area contributed by atoms with E-state index in [-0.39, 0.29) is 17.8 Å². The summed E-state index contributed by atoms with van der Waals surface area (Å²) in [4.78, 5) is 23.5. The molecule has 17 heavy (non-hydrogen) atoms. The zero-order valence-corrected chi connectivity index (χ0v) is 10.6. The molecule has 2 aliphatic carbocycles. The number of esters is 1. The first-order valence-electron chi connectivity index (χ1n) is 6.83. The van der Waals surface area contributed by atoms with Crippen molar-refractivity contribution in [3.63, 3.8) is 0 Å². The van der Waals surface area contributed by atoms with Gasteiger partial charge in [0.25, 0.3) is 0 Å². The van der Waals surface area contributed by atoms with Crippen molar-refractivity contribution in [3.05, 3.63) is 0 Å². The van der Waals surface area contributed by atoms with E-state index in [0.717, 1.165) is 12.8 Å². The van der Waals surface area contributed by atoms with Crippen molar-refractivity contribution < 1.29 is 14.3 Å². The van der Waals surface area contributed by atoms with Gasteiger partial charge in [-0.15, -0.1) is 0 Å². The van der Waals surface area contributed by atoms with Gasteiger partial charge in [0.2, 0.25) is 0 Å². The van der Waals surface area contributed by atoms with Crippen molar-refractivity contribution in [2.45, 2.75) is 51.4 Å². The van der Waals surface area contributed by atoms with Crippen LogP contribution in [0.4, 0.5) is 0 Å². The van der Waals surface area contributed by atoms with Gasteiger partial charge in [0.05, 0.1) is 13.5 Å². The van der Waals surface area contributed by atoms with Crippen LogP contribution in [-0.2, 0) is 14.3 Å². The highest BCUT2D eigenvalue weighted by molar-refractivity contribution is 5.89. The summed E-state index contributed by atoms with van der Waals surface area (Å²) < 4.78 is 4.65. The number of rotatable bonds is 3. The van der Waals surface area contributed by atoms with Crippen molar-refractivity contribution in [1.82, 2.24) is 0 Å². The van der Waals surface area contributed by atoms with Gasteiger partial charge in [0.1, 0.15) is 5.78 Å². The van der Waals surface area contributed by atoms with Gasteiger partial charge < -0.3 is 4.74 Å². The summed E-state index contributed by atoms with van der Waals surface area (Å²) in [6, 6.07) is 0. The number of ether oxygens (including phenoxy) is 1. The Morgan fingerprint density at radius 2 is 1.88 bits per heavy atom. The van der Waals surface area contributed by atoms with Gasteiger partial charge in [0.15, 0.2) is 0 Å². The standard InChI is InChI=1S/C14H22O3/c1-17-13(15)9-11-7-8-12(14(11)16)10-5-3-2-4-6-10/h10-12H,2-9H2,1H3/t11-,12-/m1/s1. The molecule has 0 aromatic rings. The molecule has 2 rings (SSSR count). The van der Waals surface area contributed by atoms with Crippen molar-refractivity contribution >= 4 is 11.8 Å². The van der Waals surface area contributed by atoms with E-state index >= 15 is 0 Å². The Bertz CT molecular complexity index is 292. The van der Waals surface area contributed by atoms with Crippen LogP contribution in [0.3, 0.4) is 0 Å². The lowest BCUT2D eigenvalue weighted by atomic mass is 9.78. The molecule has 0 aliphatic heterocycles. The number of carbonyl (C=O) groups is 2. The number of hydrogen-bond donors (Lipinski definition) is 0. The first-order chi connectivity index (χ1) is 8.22. The van der Waals surface area contributed by atoms with Crippen molar-refractivity contribution in [2.75, 3.05) is 7.11 Å². The molecule has 2 atom stereocenters. The van der Waals surface area contributed by atoms with Crippen LogP contribution in [0.15, 0.2) is 0 Å². The molecule has 0 amide bonds.